The molecule has 1 aliphatic heterocycles. The first kappa shape index (κ1) is 15.3. The molecule has 0 spiro atoms. The average Bonchev–Trinajstić information content (AvgIpc) is 3.18. The van der Waals surface area contributed by atoms with Gasteiger partial charge in [0.25, 0.3) is 5.91 Å². The van der Waals surface area contributed by atoms with Crippen LogP contribution < -0.4 is 5.32 Å². The topological polar surface area (TPSA) is 62.6 Å². The van der Waals surface area contributed by atoms with Crippen molar-refractivity contribution in [1.82, 2.24) is 10.2 Å². The molecule has 0 aliphatic carbocycles. The van der Waals surface area contributed by atoms with E-state index in [1.807, 2.05) is 38.1 Å². The Hall–Kier alpha value is -2.56. The smallest absolute Gasteiger partial charge is 0.287 e. The lowest BCUT2D eigenvalue weighted by molar-refractivity contribution is -0.130. The number of fused-ring (bicyclic) bond motifs is 1. The number of carbonyl (C=O) groups excluding carboxylic acids is 2. The number of amides is 2. The van der Waals surface area contributed by atoms with Gasteiger partial charge in [-0.2, -0.15) is 0 Å². The van der Waals surface area contributed by atoms with Crippen LogP contribution >= 0.6 is 0 Å². The second kappa shape index (κ2) is 6.28. The molecule has 23 heavy (non-hydrogen) atoms. The van der Waals surface area contributed by atoms with Gasteiger partial charge in [0.1, 0.15) is 0 Å². The van der Waals surface area contributed by atoms with Gasteiger partial charge in [0.05, 0.1) is 12.8 Å². The Morgan fingerprint density at radius 3 is 2.43 bits per heavy atom. The predicted molar refractivity (Wildman–Crippen MR) is 85.8 cm³/mol. The van der Waals surface area contributed by atoms with Crippen LogP contribution in [-0.4, -0.2) is 23.3 Å². The lowest BCUT2D eigenvalue weighted by Gasteiger charge is -2.15. The minimum absolute atomic E-state index is 0.0228. The summed E-state index contributed by atoms with van der Waals surface area (Å²) in [6, 6.07) is 9.79. The standard InChI is InChI=1S/C18H20N2O3/c1-12(2)15-7-8-23-17(15)18(22)19-9-16(21)20-10-13-5-3-4-6-14(13)11-20/h3-8,12H,9-11H2,1-2H3,(H,19,22). The molecule has 1 aromatic carbocycles. The molecule has 0 radical (unpaired) electrons. The Morgan fingerprint density at radius 2 is 1.83 bits per heavy atom. The fraction of sp³-hybridized carbons (Fsp3) is 0.333. The summed E-state index contributed by atoms with van der Waals surface area (Å²) in [5.41, 5.74) is 3.18. The van der Waals surface area contributed by atoms with Crippen molar-refractivity contribution < 1.29 is 14.0 Å². The summed E-state index contributed by atoms with van der Waals surface area (Å²) in [5, 5.41) is 2.66. The SMILES string of the molecule is CC(C)c1ccoc1C(=O)NCC(=O)N1Cc2ccccc2C1. The number of benzene rings is 1. The van der Waals surface area contributed by atoms with Gasteiger partial charge in [0, 0.05) is 18.7 Å². The maximum atomic E-state index is 12.3. The predicted octanol–water partition coefficient (Wildman–Crippen LogP) is 2.68. The van der Waals surface area contributed by atoms with Crippen LogP contribution in [0.15, 0.2) is 41.0 Å². The van der Waals surface area contributed by atoms with Crippen molar-refractivity contribution in [1.29, 1.82) is 0 Å². The molecule has 0 bridgehead atoms. The third kappa shape index (κ3) is 3.13. The third-order valence-electron chi connectivity index (χ3n) is 4.12. The zero-order chi connectivity index (χ0) is 16.4. The Bertz CT molecular complexity index is 708. The molecule has 5 heteroatoms. The van der Waals surface area contributed by atoms with Crippen LogP contribution in [0.1, 0.15) is 47.0 Å². The number of carbonyl (C=O) groups is 2. The van der Waals surface area contributed by atoms with E-state index in [-0.39, 0.29) is 30.0 Å². The van der Waals surface area contributed by atoms with E-state index in [2.05, 4.69) is 5.32 Å². The zero-order valence-electron chi connectivity index (χ0n) is 13.3. The van der Waals surface area contributed by atoms with Crippen LogP contribution in [-0.2, 0) is 17.9 Å². The highest BCUT2D eigenvalue weighted by Gasteiger charge is 2.24. The lowest BCUT2D eigenvalue weighted by Crippen LogP contribution is -2.37. The Labute approximate surface area is 135 Å². The van der Waals surface area contributed by atoms with Gasteiger partial charge in [-0.15, -0.1) is 0 Å². The third-order valence-corrected chi connectivity index (χ3v) is 4.12. The summed E-state index contributed by atoms with van der Waals surface area (Å²) in [4.78, 5) is 26.2. The van der Waals surface area contributed by atoms with E-state index in [1.165, 1.54) is 17.4 Å². The first-order chi connectivity index (χ1) is 11.1. The summed E-state index contributed by atoms with van der Waals surface area (Å²) in [7, 11) is 0. The van der Waals surface area contributed by atoms with Crippen LogP contribution in [0.2, 0.25) is 0 Å². The van der Waals surface area contributed by atoms with Crippen molar-refractivity contribution >= 4 is 11.8 Å². The monoisotopic (exact) mass is 312 g/mol. The normalized spacial score (nSPS) is 13.3. The fourth-order valence-corrected chi connectivity index (χ4v) is 2.82. The minimum atomic E-state index is -0.344. The number of furan rings is 1. The zero-order valence-corrected chi connectivity index (χ0v) is 13.3. The molecular formula is C18H20N2O3. The minimum Gasteiger partial charge on any atom is -0.459 e. The van der Waals surface area contributed by atoms with Crippen LogP contribution in [0, 0.1) is 0 Å². The van der Waals surface area contributed by atoms with Gasteiger partial charge >= 0.3 is 0 Å². The molecular weight excluding hydrogens is 292 g/mol. The second-order valence-corrected chi connectivity index (χ2v) is 6.06. The largest absolute Gasteiger partial charge is 0.459 e. The molecule has 0 unspecified atom stereocenters. The second-order valence-electron chi connectivity index (χ2n) is 6.06. The summed E-state index contributed by atoms with van der Waals surface area (Å²) in [6.45, 7) is 5.17. The van der Waals surface area contributed by atoms with Gasteiger partial charge in [0.15, 0.2) is 5.76 Å². The molecule has 1 N–H and O–H groups in total. The van der Waals surface area contributed by atoms with Gasteiger partial charge in [-0.05, 0) is 23.1 Å². The van der Waals surface area contributed by atoms with E-state index in [9.17, 15) is 9.59 Å². The molecule has 0 saturated carbocycles. The highest BCUT2D eigenvalue weighted by molar-refractivity contribution is 5.95. The Morgan fingerprint density at radius 1 is 1.17 bits per heavy atom. The first-order valence-corrected chi connectivity index (χ1v) is 7.76. The van der Waals surface area contributed by atoms with Crippen molar-refractivity contribution in [2.75, 3.05) is 6.54 Å². The van der Waals surface area contributed by atoms with Crippen LogP contribution in [0.25, 0.3) is 0 Å². The summed E-state index contributed by atoms with van der Waals surface area (Å²) < 4.78 is 5.26. The average molecular weight is 312 g/mol. The maximum absolute atomic E-state index is 12.3. The van der Waals surface area contributed by atoms with E-state index in [4.69, 9.17) is 4.42 Å². The summed E-state index contributed by atoms with van der Waals surface area (Å²) in [5.74, 6) is 0.0479. The van der Waals surface area contributed by atoms with Crippen molar-refractivity contribution in [3.8, 4) is 0 Å². The Balaban J connectivity index is 1.58. The van der Waals surface area contributed by atoms with Gasteiger partial charge in [-0.3, -0.25) is 9.59 Å². The highest BCUT2D eigenvalue weighted by Crippen LogP contribution is 2.22. The number of hydrogen-bond acceptors (Lipinski definition) is 3. The van der Waals surface area contributed by atoms with Gasteiger partial charge < -0.3 is 14.6 Å². The molecule has 2 aromatic rings. The van der Waals surface area contributed by atoms with E-state index < -0.39 is 0 Å². The van der Waals surface area contributed by atoms with E-state index in [1.54, 1.807) is 11.0 Å². The Kier molecular flexibility index (Phi) is 4.19. The quantitative estimate of drug-likeness (QED) is 0.944. The van der Waals surface area contributed by atoms with Gasteiger partial charge in [0.2, 0.25) is 5.91 Å². The lowest BCUT2D eigenvalue weighted by atomic mass is 10.0. The molecule has 120 valence electrons. The fourth-order valence-electron chi connectivity index (χ4n) is 2.82. The van der Waals surface area contributed by atoms with Gasteiger partial charge in [-0.1, -0.05) is 38.1 Å². The molecule has 1 aliphatic rings. The molecule has 5 nitrogen and oxygen atoms in total. The molecule has 0 saturated heterocycles. The van der Waals surface area contributed by atoms with Crippen molar-refractivity contribution in [3.05, 3.63) is 59.0 Å². The maximum Gasteiger partial charge on any atom is 0.287 e. The molecule has 0 atom stereocenters. The first-order valence-electron chi connectivity index (χ1n) is 7.76. The van der Waals surface area contributed by atoms with Crippen LogP contribution in [0.4, 0.5) is 0 Å². The molecule has 2 amide bonds. The molecule has 0 fully saturated rings. The number of nitrogens with one attached hydrogen (secondary N) is 1. The van der Waals surface area contributed by atoms with Crippen LogP contribution in [0.3, 0.4) is 0 Å². The number of hydrogen-bond donors (Lipinski definition) is 1. The van der Waals surface area contributed by atoms with Gasteiger partial charge in [-0.25, -0.2) is 0 Å². The molecule has 1 aromatic heterocycles. The van der Waals surface area contributed by atoms with Crippen LogP contribution in [0.5, 0.6) is 0 Å². The van der Waals surface area contributed by atoms with E-state index in [0.29, 0.717) is 13.1 Å². The van der Waals surface area contributed by atoms with Crippen molar-refractivity contribution in [3.63, 3.8) is 0 Å². The van der Waals surface area contributed by atoms with E-state index in [0.717, 1.165) is 5.56 Å². The van der Waals surface area contributed by atoms with E-state index >= 15 is 0 Å². The summed E-state index contributed by atoms with van der Waals surface area (Å²) >= 11 is 0. The van der Waals surface area contributed by atoms with Crippen molar-refractivity contribution in [2.24, 2.45) is 0 Å². The number of nitrogens with zero attached hydrogens (tertiary/aromatic N) is 1. The van der Waals surface area contributed by atoms with Crippen molar-refractivity contribution in [2.45, 2.75) is 32.9 Å². The molecule has 3 rings (SSSR count). The molecule has 2 heterocycles. The number of rotatable bonds is 4. The summed E-state index contributed by atoms with van der Waals surface area (Å²) in [6.07, 6.45) is 1.50. The highest BCUT2D eigenvalue weighted by atomic mass is 16.3.